The molecule has 2 heteroatoms. The minimum absolute atomic E-state index is 0.467. The highest BCUT2D eigenvalue weighted by Crippen LogP contribution is 2.24. The summed E-state index contributed by atoms with van der Waals surface area (Å²) < 4.78 is 0. The molecule has 3 rings (SSSR count). The Bertz CT molecular complexity index is 393. The Hall–Kier alpha value is -1.31. The van der Waals surface area contributed by atoms with Crippen molar-refractivity contribution in [3.05, 3.63) is 35.9 Å². The van der Waals surface area contributed by atoms with E-state index >= 15 is 0 Å². The number of benzene rings is 1. The van der Waals surface area contributed by atoms with Gasteiger partial charge in [0, 0.05) is 12.6 Å². The lowest BCUT2D eigenvalue weighted by Gasteiger charge is -2.30. The lowest BCUT2D eigenvalue weighted by molar-refractivity contribution is 0.254. The maximum absolute atomic E-state index is 4.69. The van der Waals surface area contributed by atoms with Gasteiger partial charge in [0.15, 0.2) is 0 Å². The Labute approximate surface area is 110 Å². The van der Waals surface area contributed by atoms with Crippen LogP contribution in [0.25, 0.3) is 0 Å². The molecule has 18 heavy (non-hydrogen) atoms. The van der Waals surface area contributed by atoms with Crippen LogP contribution in [0.5, 0.6) is 0 Å². The number of hydrogen-bond donors (Lipinski definition) is 0. The van der Waals surface area contributed by atoms with Gasteiger partial charge >= 0.3 is 0 Å². The molecule has 0 bridgehead atoms. The molecule has 1 aromatic rings. The molecule has 1 saturated carbocycles. The van der Waals surface area contributed by atoms with Crippen LogP contribution in [-0.2, 0) is 6.42 Å². The molecule has 1 aromatic carbocycles. The minimum atomic E-state index is 0.467. The summed E-state index contributed by atoms with van der Waals surface area (Å²) in [4.78, 5) is 7.18. The third-order valence-electron chi connectivity index (χ3n) is 4.21. The van der Waals surface area contributed by atoms with Gasteiger partial charge in [-0.05, 0) is 24.8 Å². The summed E-state index contributed by atoms with van der Waals surface area (Å²) in [6, 6.07) is 12.0. The van der Waals surface area contributed by atoms with Crippen LogP contribution in [0.1, 0.15) is 37.7 Å². The molecule has 0 amide bonds. The molecule has 0 aromatic heterocycles. The maximum Gasteiger partial charge on any atom is 0.0857 e. The van der Waals surface area contributed by atoms with Gasteiger partial charge in [0.05, 0.1) is 12.4 Å². The van der Waals surface area contributed by atoms with E-state index in [1.54, 1.807) is 0 Å². The zero-order valence-corrected chi connectivity index (χ0v) is 11.0. The van der Waals surface area contributed by atoms with Crippen molar-refractivity contribution in [3.8, 4) is 0 Å². The van der Waals surface area contributed by atoms with E-state index in [1.165, 1.54) is 37.7 Å². The zero-order valence-electron chi connectivity index (χ0n) is 11.0. The molecule has 2 nitrogen and oxygen atoms in total. The zero-order chi connectivity index (χ0) is 12.2. The van der Waals surface area contributed by atoms with Crippen molar-refractivity contribution in [2.45, 2.75) is 50.6 Å². The van der Waals surface area contributed by atoms with E-state index in [0.29, 0.717) is 6.04 Å². The number of nitrogens with zero attached hydrogens (tertiary/aromatic N) is 2. The highest BCUT2D eigenvalue weighted by Gasteiger charge is 2.25. The van der Waals surface area contributed by atoms with Crippen molar-refractivity contribution in [1.82, 2.24) is 4.90 Å². The van der Waals surface area contributed by atoms with Gasteiger partial charge in [-0.15, -0.1) is 0 Å². The lowest BCUT2D eigenvalue weighted by atomic mass is 9.94. The predicted molar refractivity (Wildman–Crippen MR) is 76.0 cm³/mol. The molecule has 0 saturated heterocycles. The van der Waals surface area contributed by atoms with Crippen LogP contribution in [0.3, 0.4) is 0 Å². The standard InChI is InChI=1S/C16H22N2/c1-3-7-14(8-4-1)11-15-12-18(13-17-15)16-9-5-2-6-10-16/h1,3-4,7-8,13,15-16H,2,5-6,9-12H2. The molecule has 1 heterocycles. The molecule has 2 aliphatic rings. The quantitative estimate of drug-likeness (QED) is 0.794. The van der Waals surface area contributed by atoms with Crippen molar-refractivity contribution in [1.29, 1.82) is 0 Å². The van der Waals surface area contributed by atoms with E-state index in [4.69, 9.17) is 0 Å². The molecule has 1 fully saturated rings. The molecule has 0 spiro atoms. The van der Waals surface area contributed by atoms with Gasteiger partial charge in [0.2, 0.25) is 0 Å². The fourth-order valence-electron chi connectivity index (χ4n) is 3.18. The van der Waals surface area contributed by atoms with E-state index in [9.17, 15) is 0 Å². The molecule has 0 N–H and O–H groups in total. The van der Waals surface area contributed by atoms with E-state index in [1.807, 2.05) is 0 Å². The summed E-state index contributed by atoms with van der Waals surface area (Å²) in [7, 11) is 0. The van der Waals surface area contributed by atoms with Crippen LogP contribution in [0.4, 0.5) is 0 Å². The lowest BCUT2D eigenvalue weighted by Crippen LogP contribution is -2.36. The van der Waals surface area contributed by atoms with Crippen molar-refractivity contribution >= 4 is 6.34 Å². The van der Waals surface area contributed by atoms with Crippen LogP contribution in [0.2, 0.25) is 0 Å². The van der Waals surface area contributed by atoms with Crippen LogP contribution in [-0.4, -0.2) is 29.9 Å². The first-order valence-corrected chi connectivity index (χ1v) is 7.25. The van der Waals surface area contributed by atoms with E-state index < -0.39 is 0 Å². The molecule has 0 radical (unpaired) electrons. The van der Waals surface area contributed by atoms with Gasteiger partial charge in [-0.1, -0.05) is 49.6 Å². The number of aliphatic imine (C=N–C) groups is 1. The van der Waals surface area contributed by atoms with Gasteiger partial charge < -0.3 is 4.90 Å². The Balaban J connectivity index is 1.54. The van der Waals surface area contributed by atoms with Gasteiger partial charge in [-0.3, -0.25) is 4.99 Å². The third-order valence-corrected chi connectivity index (χ3v) is 4.21. The average Bonchev–Trinajstić information content (AvgIpc) is 2.89. The summed E-state index contributed by atoms with van der Waals surface area (Å²) in [5, 5.41) is 0. The Morgan fingerprint density at radius 3 is 2.61 bits per heavy atom. The van der Waals surface area contributed by atoms with Gasteiger partial charge in [-0.2, -0.15) is 0 Å². The third kappa shape index (κ3) is 2.74. The second kappa shape index (κ2) is 5.55. The van der Waals surface area contributed by atoms with E-state index in [2.05, 4.69) is 46.6 Å². The second-order valence-electron chi connectivity index (χ2n) is 5.60. The van der Waals surface area contributed by atoms with E-state index in [-0.39, 0.29) is 0 Å². The first-order chi connectivity index (χ1) is 8.92. The van der Waals surface area contributed by atoms with Gasteiger partial charge in [0.1, 0.15) is 0 Å². The van der Waals surface area contributed by atoms with Gasteiger partial charge in [0.25, 0.3) is 0 Å². The van der Waals surface area contributed by atoms with Crippen molar-refractivity contribution < 1.29 is 0 Å². The summed E-state index contributed by atoms with van der Waals surface area (Å²) in [5.41, 5.74) is 1.41. The smallest absolute Gasteiger partial charge is 0.0857 e. The Morgan fingerprint density at radius 1 is 1.06 bits per heavy atom. The Kier molecular flexibility index (Phi) is 3.63. The summed E-state index contributed by atoms with van der Waals surface area (Å²) >= 11 is 0. The van der Waals surface area contributed by atoms with Crippen LogP contribution in [0.15, 0.2) is 35.3 Å². The van der Waals surface area contributed by atoms with Crippen LogP contribution >= 0.6 is 0 Å². The monoisotopic (exact) mass is 242 g/mol. The molecule has 1 atom stereocenters. The number of rotatable bonds is 3. The topological polar surface area (TPSA) is 15.6 Å². The molecule has 96 valence electrons. The number of hydrogen-bond acceptors (Lipinski definition) is 2. The normalized spacial score (nSPS) is 24.7. The summed E-state index contributed by atoms with van der Waals surface area (Å²) in [6.07, 6.45) is 10.2. The van der Waals surface area contributed by atoms with Gasteiger partial charge in [-0.25, -0.2) is 0 Å². The SMILES string of the molecule is C1=NC(Cc2ccccc2)CN1C1CCCCC1. The highest BCUT2D eigenvalue weighted by molar-refractivity contribution is 5.58. The fraction of sp³-hybridized carbons (Fsp3) is 0.562. The average molecular weight is 242 g/mol. The van der Waals surface area contributed by atoms with E-state index in [0.717, 1.165) is 19.0 Å². The highest BCUT2D eigenvalue weighted by atomic mass is 15.2. The largest absolute Gasteiger partial charge is 0.358 e. The molecule has 1 aliphatic carbocycles. The molecule has 1 aliphatic heterocycles. The van der Waals surface area contributed by atoms with Crippen LogP contribution < -0.4 is 0 Å². The second-order valence-corrected chi connectivity index (χ2v) is 5.60. The van der Waals surface area contributed by atoms with Crippen molar-refractivity contribution in [2.24, 2.45) is 4.99 Å². The minimum Gasteiger partial charge on any atom is -0.358 e. The fourth-order valence-corrected chi connectivity index (χ4v) is 3.18. The maximum atomic E-state index is 4.69. The molecular formula is C16H22N2. The summed E-state index contributed by atoms with van der Waals surface area (Å²) in [5.74, 6) is 0. The Morgan fingerprint density at radius 2 is 1.83 bits per heavy atom. The van der Waals surface area contributed by atoms with Crippen LogP contribution in [0, 0.1) is 0 Å². The first kappa shape index (κ1) is 11.8. The summed E-state index contributed by atoms with van der Waals surface area (Å²) in [6.45, 7) is 1.12. The molecule has 1 unspecified atom stereocenters. The van der Waals surface area contributed by atoms with Crippen molar-refractivity contribution in [2.75, 3.05) is 6.54 Å². The predicted octanol–water partition coefficient (Wildman–Crippen LogP) is 3.27. The first-order valence-electron chi connectivity index (χ1n) is 7.25. The van der Waals surface area contributed by atoms with Crippen molar-refractivity contribution in [3.63, 3.8) is 0 Å². The molecular weight excluding hydrogens is 220 g/mol.